The van der Waals surface area contributed by atoms with E-state index < -0.39 is 0 Å². The molecule has 2 aromatic rings. The number of hydrogen-bond donors (Lipinski definition) is 1. The number of ether oxygens (including phenoxy) is 2. The predicted octanol–water partition coefficient (Wildman–Crippen LogP) is 3.50. The molecule has 0 bridgehead atoms. The van der Waals surface area contributed by atoms with Crippen LogP contribution in [0.4, 0.5) is 5.69 Å². The number of amides is 2. The van der Waals surface area contributed by atoms with Gasteiger partial charge in [-0.2, -0.15) is 0 Å². The van der Waals surface area contributed by atoms with Crippen molar-refractivity contribution in [3.8, 4) is 11.5 Å². The molecule has 0 radical (unpaired) electrons. The SMILES string of the molecule is CCN1C(=O)/C(=C\c2ccc(O)c(OC)c2)SC1=Nc1cccc(C(=O)N2CCOCC2)c1. The zero-order chi connectivity index (χ0) is 23.4. The molecule has 8 nitrogen and oxygen atoms in total. The van der Waals surface area contributed by atoms with Crippen LogP contribution in [0.1, 0.15) is 22.8 Å². The number of amidine groups is 1. The quantitative estimate of drug-likeness (QED) is 0.677. The third kappa shape index (κ3) is 5.04. The van der Waals surface area contributed by atoms with E-state index in [2.05, 4.69) is 4.99 Å². The van der Waals surface area contributed by atoms with Gasteiger partial charge in [0.2, 0.25) is 0 Å². The van der Waals surface area contributed by atoms with Crippen LogP contribution in [0.2, 0.25) is 0 Å². The Hall–Kier alpha value is -3.30. The molecular weight excluding hydrogens is 442 g/mol. The number of phenols is 1. The van der Waals surface area contributed by atoms with E-state index in [4.69, 9.17) is 9.47 Å². The van der Waals surface area contributed by atoms with Gasteiger partial charge < -0.3 is 19.5 Å². The maximum Gasteiger partial charge on any atom is 0.266 e. The summed E-state index contributed by atoms with van der Waals surface area (Å²) in [5, 5.41) is 10.4. The zero-order valence-electron chi connectivity index (χ0n) is 18.5. The fraction of sp³-hybridized carbons (Fsp3) is 0.292. The lowest BCUT2D eigenvalue weighted by Crippen LogP contribution is -2.40. The molecule has 2 amide bonds. The molecule has 2 fully saturated rings. The molecule has 2 aliphatic heterocycles. The number of hydrogen-bond acceptors (Lipinski definition) is 7. The Bertz CT molecular complexity index is 1120. The first-order chi connectivity index (χ1) is 16.0. The van der Waals surface area contributed by atoms with Gasteiger partial charge in [0.25, 0.3) is 11.8 Å². The molecule has 172 valence electrons. The lowest BCUT2D eigenvalue weighted by atomic mass is 10.1. The van der Waals surface area contributed by atoms with E-state index in [1.807, 2.05) is 13.0 Å². The van der Waals surface area contributed by atoms with Crippen molar-refractivity contribution in [3.63, 3.8) is 0 Å². The molecule has 0 spiro atoms. The maximum absolute atomic E-state index is 12.9. The van der Waals surface area contributed by atoms with Crippen molar-refractivity contribution in [2.24, 2.45) is 4.99 Å². The average Bonchev–Trinajstić information content (AvgIpc) is 3.13. The van der Waals surface area contributed by atoms with Crippen molar-refractivity contribution >= 4 is 40.5 Å². The van der Waals surface area contributed by atoms with E-state index in [0.29, 0.717) is 59.9 Å². The van der Waals surface area contributed by atoms with Crippen LogP contribution in [0.5, 0.6) is 11.5 Å². The lowest BCUT2D eigenvalue weighted by Gasteiger charge is -2.26. The highest BCUT2D eigenvalue weighted by atomic mass is 32.2. The molecule has 2 saturated heterocycles. The highest BCUT2D eigenvalue weighted by molar-refractivity contribution is 8.18. The van der Waals surface area contributed by atoms with Crippen LogP contribution in [0.25, 0.3) is 6.08 Å². The summed E-state index contributed by atoms with van der Waals surface area (Å²) >= 11 is 1.27. The molecule has 0 saturated carbocycles. The first kappa shape index (κ1) is 22.9. The van der Waals surface area contributed by atoms with Crippen LogP contribution in [-0.4, -0.2) is 71.8 Å². The fourth-order valence-corrected chi connectivity index (χ4v) is 4.64. The number of aromatic hydroxyl groups is 1. The van der Waals surface area contributed by atoms with E-state index in [9.17, 15) is 14.7 Å². The molecule has 2 aliphatic rings. The predicted molar refractivity (Wildman–Crippen MR) is 128 cm³/mol. The van der Waals surface area contributed by atoms with Crippen molar-refractivity contribution in [2.75, 3.05) is 40.0 Å². The Kier molecular flexibility index (Phi) is 7.00. The topological polar surface area (TPSA) is 91.7 Å². The summed E-state index contributed by atoms with van der Waals surface area (Å²) in [6.45, 7) is 4.58. The van der Waals surface area contributed by atoms with E-state index in [0.717, 1.165) is 5.56 Å². The van der Waals surface area contributed by atoms with Crippen LogP contribution in [0.15, 0.2) is 52.4 Å². The van der Waals surface area contributed by atoms with Gasteiger partial charge in [-0.05, 0) is 60.7 Å². The molecule has 2 heterocycles. The summed E-state index contributed by atoms with van der Waals surface area (Å²) in [7, 11) is 1.48. The van der Waals surface area contributed by atoms with Crippen LogP contribution in [-0.2, 0) is 9.53 Å². The van der Waals surface area contributed by atoms with Gasteiger partial charge in [0, 0.05) is 25.2 Å². The molecular formula is C24H25N3O5S. The lowest BCUT2D eigenvalue weighted by molar-refractivity contribution is -0.122. The molecule has 0 aromatic heterocycles. The van der Waals surface area contributed by atoms with Crippen molar-refractivity contribution in [1.29, 1.82) is 0 Å². The Morgan fingerprint density at radius 1 is 1.24 bits per heavy atom. The van der Waals surface area contributed by atoms with E-state index in [1.54, 1.807) is 46.2 Å². The number of morpholine rings is 1. The highest BCUT2D eigenvalue weighted by Gasteiger charge is 2.32. The number of likely N-dealkylation sites (N-methyl/N-ethyl adjacent to an activating group) is 1. The number of carbonyl (C=O) groups is 2. The Labute approximate surface area is 196 Å². The maximum atomic E-state index is 12.9. The molecule has 9 heteroatoms. The number of thioether (sulfide) groups is 1. The third-order valence-corrected chi connectivity index (χ3v) is 6.33. The molecule has 0 unspecified atom stereocenters. The average molecular weight is 468 g/mol. The van der Waals surface area contributed by atoms with Crippen molar-refractivity contribution in [1.82, 2.24) is 9.80 Å². The minimum absolute atomic E-state index is 0.0361. The van der Waals surface area contributed by atoms with Gasteiger partial charge in [0.15, 0.2) is 16.7 Å². The normalized spacial score (nSPS) is 18.9. The third-order valence-electron chi connectivity index (χ3n) is 5.32. The van der Waals surface area contributed by atoms with Gasteiger partial charge in [0.05, 0.1) is 30.9 Å². The van der Waals surface area contributed by atoms with Crippen molar-refractivity contribution in [3.05, 3.63) is 58.5 Å². The zero-order valence-corrected chi connectivity index (χ0v) is 19.3. The van der Waals surface area contributed by atoms with Crippen LogP contribution >= 0.6 is 11.8 Å². The van der Waals surface area contributed by atoms with Crippen LogP contribution < -0.4 is 4.74 Å². The highest BCUT2D eigenvalue weighted by Crippen LogP contribution is 2.35. The Morgan fingerprint density at radius 2 is 2.03 bits per heavy atom. The molecule has 0 aliphatic carbocycles. The number of aliphatic imine (C=N–C) groups is 1. The molecule has 33 heavy (non-hydrogen) atoms. The second kappa shape index (κ2) is 10.1. The number of phenolic OH excluding ortho intramolecular Hbond substituents is 1. The van der Waals surface area contributed by atoms with Gasteiger partial charge in [-0.15, -0.1) is 0 Å². The fourth-order valence-electron chi connectivity index (χ4n) is 3.57. The van der Waals surface area contributed by atoms with Gasteiger partial charge >= 0.3 is 0 Å². The summed E-state index contributed by atoms with van der Waals surface area (Å²) in [5.74, 6) is 0.176. The summed E-state index contributed by atoms with van der Waals surface area (Å²) in [6, 6.07) is 12.0. The van der Waals surface area contributed by atoms with E-state index in [1.165, 1.54) is 24.9 Å². The molecule has 4 rings (SSSR count). The number of nitrogens with zero attached hydrogens (tertiary/aromatic N) is 3. The number of carbonyl (C=O) groups excluding carboxylic acids is 2. The summed E-state index contributed by atoms with van der Waals surface area (Å²) in [5.41, 5.74) is 1.90. The van der Waals surface area contributed by atoms with E-state index >= 15 is 0 Å². The van der Waals surface area contributed by atoms with Gasteiger partial charge in [0.1, 0.15) is 0 Å². The van der Waals surface area contributed by atoms with Crippen LogP contribution in [0, 0.1) is 0 Å². The van der Waals surface area contributed by atoms with Gasteiger partial charge in [-0.1, -0.05) is 12.1 Å². The summed E-state index contributed by atoms with van der Waals surface area (Å²) in [6.07, 6.45) is 1.75. The smallest absolute Gasteiger partial charge is 0.266 e. The number of rotatable bonds is 5. The van der Waals surface area contributed by atoms with Gasteiger partial charge in [-0.3, -0.25) is 14.5 Å². The Balaban J connectivity index is 1.59. The monoisotopic (exact) mass is 467 g/mol. The summed E-state index contributed by atoms with van der Waals surface area (Å²) < 4.78 is 10.5. The first-order valence-electron chi connectivity index (χ1n) is 10.6. The summed E-state index contributed by atoms with van der Waals surface area (Å²) in [4.78, 5) is 34.3. The second-order valence-electron chi connectivity index (χ2n) is 7.44. The minimum Gasteiger partial charge on any atom is -0.504 e. The van der Waals surface area contributed by atoms with Gasteiger partial charge in [-0.25, -0.2) is 4.99 Å². The molecule has 1 N–H and O–H groups in total. The van der Waals surface area contributed by atoms with Crippen molar-refractivity contribution in [2.45, 2.75) is 6.92 Å². The molecule has 2 aromatic carbocycles. The molecule has 0 atom stereocenters. The van der Waals surface area contributed by atoms with E-state index in [-0.39, 0.29) is 17.6 Å². The Morgan fingerprint density at radius 3 is 2.76 bits per heavy atom. The number of benzene rings is 2. The van der Waals surface area contributed by atoms with Crippen LogP contribution in [0.3, 0.4) is 0 Å². The minimum atomic E-state index is -0.145. The second-order valence-corrected chi connectivity index (χ2v) is 8.45. The number of methoxy groups -OCH3 is 1. The largest absolute Gasteiger partial charge is 0.504 e. The van der Waals surface area contributed by atoms with Crippen molar-refractivity contribution < 1.29 is 24.2 Å². The first-order valence-corrected chi connectivity index (χ1v) is 11.5. The standard InChI is InChI=1S/C24H25N3O5S/c1-3-27-23(30)21(14-16-7-8-19(28)20(13-16)31-2)33-24(27)25-18-6-4-5-17(15-18)22(29)26-9-11-32-12-10-26/h4-8,13-15,28H,3,9-12H2,1-2H3/b21-14+,25-24?.